The van der Waals surface area contributed by atoms with Gasteiger partial charge >= 0.3 is 42.2 Å². The molecule has 27 heteroatoms. The summed E-state index contributed by atoms with van der Waals surface area (Å²) in [7, 11) is 2.70. The van der Waals surface area contributed by atoms with Gasteiger partial charge in [-0.3, -0.25) is 33.9 Å². The average Bonchev–Trinajstić information content (AvgIpc) is 1.58. The SMILES string of the molecule is CC[C@@H](Nc1ccccc1)C(=O)OC.CC[C@@H]1C(=O)NC2(CC2)C(=O)N1Cc1ccccc1.CC[C@@H]1CN(C(=O)C(F)(F)F)C2(CC2)CN1Cc1ccccc1.CC[C@@H]1CNC2(CC2)CN1Cc1ccccc1.CC[C@H](C(=O)OC)N(C(=O)C1(NC(=O)OCc2ccccc2)CC1)c1ccccc1.O=C(NC1(C(=O)O)CC1)OCc1ccccc1. The van der Waals surface area contributed by atoms with E-state index in [0.717, 1.165) is 65.2 Å². The van der Waals surface area contributed by atoms with Crippen LogP contribution >= 0.6 is 0 Å². The van der Waals surface area contributed by atoms with Crippen LogP contribution in [0.4, 0.5) is 34.1 Å². The number of carboxylic acid groups (broad SMARTS) is 1. The van der Waals surface area contributed by atoms with E-state index in [1.54, 1.807) is 29.2 Å². The fourth-order valence-electron chi connectivity index (χ4n) is 15.2. The van der Waals surface area contributed by atoms with Gasteiger partial charge in [0.1, 0.15) is 48.0 Å². The van der Waals surface area contributed by atoms with Crippen molar-refractivity contribution in [2.45, 2.75) is 228 Å². The first kappa shape index (κ1) is 91.2. The Balaban J connectivity index is 0.000000154. The summed E-state index contributed by atoms with van der Waals surface area (Å²) in [6.45, 7) is 15.7. The first-order valence-corrected chi connectivity index (χ1v) is 41.7. The Morgan fingerprint density at radius 2 is 0.967 bits per heavy atom. The van der Waals surface area contributed by atoms with Gasteiger partial charge in [-0.15, -0.1) is 0 Å². The topological polar surface area (TPSA) is 287 Å². The standard InChI is InChI=1S/C23H26N2O5.C17H21F3N2O.C15H18N2O2.C15H22N2.C12H13NO4.C11H15NO2/c1-3-19(20(26)29-2)25(18-12-8-5-9-13-18)21(27)23(14-15-23)24-22(28)30-16-17-10-6-4-7-11-17;1-2-14-11-22(15(23)17(18,19)20)16(8-9-16)12-21(14)10-13-6-4-3-5-7-13;1-2-12-13(18)16-15(8-9-15)14(19)17(12)10-11-6-4-3-5-7-11;1-2-14-10-16-15(8-9-15)12-17(14)11-13-6-4-3-5-7-13;14-10(15)12(6-7-12)13-11(16)17-8-9-4-2-1-3-5-9;1-3-10(11(13)14-2)12-9-7-5-4-6-8-9/h4-13,19H,3,14-16H2,1-2H3,(H,24,28);3-7,14H,2,8-12H2,1H3;3-7,12H,2,8-10H2,1H3,(H,16,18);3-7,14,16H,2,8-12H2,1H3;1-5H,6-8H2,(H,13,16)(H,14,15);4-8,10,12H,3H2,1-2H3/t19-;14-;12-;14-;;10-/m1111.1/s1. The number of piperazine rings is 3. The molecule has 7 aromatic carbocycles. The van der Waals surface area contributed by atoms with Crippen molar-refractivity contribution in [2.75, 3.05) is 50.6 Å². The highest BCUT2D eigenvalue weighted by Gasteiger charge is 2.61. The summed E-state index contributed by atoms with van der Waals surface area (Å²) in [5.74, 6) is -3.67. The summed E-state index contributed by atoms with van der Waals surface area (Å²) in [4.78, 5) is 117. The normalized spacial score (nSPS) is 19.7. The molecule has 6 amide bonds. The number of halogens is 3. The molecule has 0 radical (unpaired) electrons. The van der Waals surface area contributed by atoms with Crippen LogP contribution in [0.2, 0.25) is 0 Å². The van der Waals surface area contributed by atoms with Gasteiger partial charge in [-0.2, -0.15) is 13.2 Å². The lowest BCUT2D eigenvalue weighted by molar-refractivity contribution is -0.193. The highest BCUT2D eigenvalue weighted by atomic mass is 19.4. The number of ether oxygens (including phenoxy) is 4. The minimum absolute atomic E-state index is 0.00414. The maximum Gasteiger partial charge on any atom is 0.471 e. The molecule has 24 nitrogen and oxygen atoms in total. The van der Waals surface area contributed by atoms with Crippen LogP contribution in [0.15, 0.2) is 212 Å². The predicted octanol–water partition coefficient (Wildman–Crippen LogP) is 14.1. The van der Waals surface area contributed by atoms with Crippen LogP contribution in [-0.2, 0) is 85.4 Å². The Morgan fingerprint density at radius 1 is 0.525 bits per heavy atom. The van der Waals surface area contributed by atoms with Gasteiger partial charge in [0.2, 0.25) is 11.8 Å². The molecule has 0 bridgehead atoms. The first-order chi connectivity index (χ1) is 57.7. The van der Waals surface area contributed by atoms with Gasteiger partial charge in [0.15, 0.2) is 0 Å². The Kier molecular flexibility index (Phi) is 32.0. The summed E-state index contributed by atoms with van der Waals surface area (Å²) in [6.07, 6.45) is 5.08. The highest BCUT2D eigenvalue weighted by molar-refractivity contribution is 6.07. The number of alkyl carbamates (subject to hydrolysis) is 2. The lowest BCUT2D eigenvalue weighted by Gasteiger charge is -2.47. The number of aliphatic carboxylic acids is 1. The second-order valence-electron chi connectivity index (χ2n) is 31.9. The molecule has 3 heterocycles. The zero-order valence-corrected chi connectivity index (χ0v) is 69.7. The van der Waals surface area contributed by atoms with E-state index < -0.39 is 64.4 Å². The van der Waals surface area contributed by atoms with Gasteiger partial charge in [0.05, 0.1) is 19.8 Å². The molecule has 8 fully saturated rings. The number of carbonyl (C=O) groups is 9. The number of methoxy groups -OCH3 is 2. The van der Waals surface area contributed by atoms with Crippen LogP contribution in [0.3, 0.4) is 0 Å². The third kappa shape index (κ3) is 25.0. The maximum atomic E-state index is 13.5. The number of hydrogen-bond acceptors (Lipinski definition) is 17. The van der Waals surface area contributed by atoms with Gasteiger partial charge in [-0.05, 0) is 148 Å². The van der Waals surface area contributed by atoms with Crippen molar-refractivity contribution in [3.63, 3.8) is 0 Å². The molecule has 642 valence electrons. The lowest BCUT2D eigenvalue weighted by Crippen LogP contribution is -2.64. The Morgan fingerprint density at radius 3 is 1.37 bits per heavy atom. The molecular formula is C93H115F3N10O14. The number of nitrogens with zero attached hydrogens (tertiary/aromatic N) is 5. The Hall–Kier alpha value is -11.2. The smallest absolute Gasteiger partial charge is 0.471 e. The van der Waals surface area contributed by atoms with E-state index in [1.165, 1.54) is 57.0 Å². The first-order valence-electron chi connectivity index (χ1n) is 41.7. The van der Waals surface area contributed by atoms with Crippen molar-refractivity contribution < 1.29 is 80.4 Å². The molecule has 3 aliphatic heterocycles. The quantitative estimate of drug-likeness (QED) is 0.0229. The molecule has 8 aliphatic rings. The van der Waals surface area contributed by atoms with Crippen molar-refractivity contribution in [1.29, 1.82) is 0 Å². The number of anilines is 2. The average molecular weight is 1650 g/mol. The molecule has 0 aromatic heterocycles. The number of alkyl halides is 3. The third-order valence-electron chi connectivity index (χ3n) is 23.2. The number of rotatable bonds is 25. The van der Waals surface area contributed by atoms with Crippen molar-refractivity contribution in [1.82, 2.24) is 40.9 Å². The molecule has 3 saturated heterocycles. The molecule has 5 saturated carbocycles. The zero-order chi connectivity index (χ0) is 86.1. The van der Waals surface area contributed by atoms with Gasteiger partial charge in [0, 0.05) is 74.8 Å². The largest absolute Gasteiger partial charge is 0.480 e. The van der Waals surface area contributed by atoms with E-state index >= 15 is 0 Å². The Labute approximate surface area is 701 Å². The van der Waals surface area contributed by atoms with E-state index in [1.807, 2.05) is 185 Å². The third-order valence-corrected chi connectivity index (χ3v) is 23.2. The molecule has 7 aromatic rings. The number of carboxylic acids is 1. The highest BCUT2D eigenvalue weighted by Crippen LogP contribution is 2.48. The fraction of sp³-hybridized carbons (Fsp3) is 0.452. The second-order valence-corrected chi connectivity index (χ2v) is 31.9. The van der Waals surface area contributed by atoms with Crippen LogP contribution < -0.4 is 31.5 Å². The number of nitrogens with one attached hydrogen (secondary N) is 5. The lowest BCUT2D eigenvalue weighted by atomic mass is 10.0. The van der Waals surface area contributed by atoms with E-state index in [9.17, 15) is 56.3 Å². The zero-order valence-electron chi connectivity index (χ0n) is 69.7. The molecule has 5 atom stereocenters. The van der Waals surface area contributed by atoms with Gasteiger partial charge in [-0.1, -0.05) is 223 Å². The molecule has 0 unspecified atom stereocenters. The van der Waals surface area contributed by atoms with Crippen molar-refractivity contribution in [2.24, 2.45) is 0 Å². The minimum Gasteiger partial charge on any atom is -0.480 e. The van der Waals surface area contributed by atoms with Gasteiger partial charge in [-0.25, -0.2) is 24.0 Å². The van der Waals surface area contributed by atoms with Crippen LogP contribution in [0.1, 0.15) is 159 Å². The van der Waals surface area contributed by atoms with Crippen molar-refractivity contribution in [3.8, 4) is 0 Å². The molecule has 5 aliphatic carbocycles. The number of benzene rings is 7. The minimum atomic E-state index is -4.78. The molecule has 6 N–H and O–H groups in total. The molecule has 3 spiro atoms. The van der Waals surface area contributed by atoms with Gasteiger partial charge < -0.3 is 60.4 Å². The summed E-state index contributed by atoms with van der Waals surface area (Å²) < 4.78 is 58.4. The maximum absolute atomic E-state index is 13.5. The van der Waals surface area contributed by atoms with Gasteiger partial charge in [0.25, 0.3) is 5.91 Å². The van der Waals surface area contributed by atoms with E-state index in [2.05, 4.69) is 78.4 Å². The summed E-state index contributed by atoms with van der Waals surface area (Å²) in [5.41, 5.74) is 4.04. The molecular weight excluding hydrogens is 1540 g/mol. The van der Waals surface area contributed by atoms with Crippen LogP contribution in [0, 0.1) is 0 Å². The number of amides is 6. The summed E-state index contributed by atoms with van der Waals surface area (Å²) in [5, 5.41) is 23.7. The van der Waals surface area contributed by atoms with Crippen LogP contribution in [0.5, 0.6) is 0 Å². The summed E-state index contributed by atoms with van der Waals surface area (Å²) >= 11 is 0. The monoisotopic (exact) mass is 1650 g/mol. The number of para-hydroxylation sites is 2. The predicted molar refractivity (Wildman–Crippen MR) is 450 cm³/mol. The Bertz CT molecular complexity index is 4490. The van der Waals surface area contributed by atoms with E-state index in [0.29, 0.717) is 88.1 Å². The molecule has 15 rings (SSSR count). The number of esters is 2. The number of carbonyl (C=O) groups excluding carboxylic acids is 8. The summed E-state index contributed by atoms with van der Waals surface area (Å²) in [6, 6.07) is 67.0. The fourth-order valence-corrected chi connectivity index (χ4v) is 15.2. The van der Waals surface area contributed by atoms with Crippen LogP contribution in [-0.4, -0.2) is 183 Å². The van der Waals surface area contributed by atoms with Crippen LogP contribution in [0.25, 0.3) is 0 Å². The number of hydrogen-bond donors (Lipinski definition) is 6. The van der Waals surface area contributed by atoms with Crippen molar-refractivity contribution in [3.05, 3.63) is 240 Å². The molecule has 120 heavy (non-hydrogen) atoms. The van der Waals surface area contributed by atoms with E-state index in [-0.39, 0.29) is 61.6 Å². The second kappa shape index (κ2) is 42.2. The van der Waals surface area contributed by atoms with Crippen molar-refractivity contribution >= 4 is 65.1 Å². The van der Waals surface area contributed by atoms with E-state index in [4.69, 9.17) is 19.3 Å².